The van der Waals surface area contributed by atoms with E-state index >= 15 is 0 Å². The molecule has 0 unspecified atom stereocenters. The van der Waals surface area contributed by atoms with Gasteiger partial charge in [0.2, 0.25) is 0 Å². The number of hydrogen-bond acceptors (Lipinski definition) is 2. The summed E-state index contributed by atoms with van der Waals surface area (Å²) in [6.07, 6.45) is -7.66. The Hall–Kier alpha value is -9.58. The third kappa shape index (κ3) is 10.9. The van der Waals surface area contributed by atoms with Crippen molar-refractivity contribution < 1.29 is 73.7 Å². The largest absolute Gasteiger partial charge is 0.458 e. The van der Waals surface area contributed by atoms with Crippen LogP contribution in [0.1, 0.15) is 219 Å². The van der Waals surface area contributed by atoms with Gasteiger partial charge in [-0.2, -0.15) is 0 Å². The summed E-state index contributed by atoms with van der Waals surface area (Å²) in [5.74, 6) is -0.0656. The highest BCUT2D eigenvalue weighted by Crippen LogP contribution is 2.53. The van der Waals surface area contributed by atoms with Crippen LogP contribution in [-0.4, -0.2) is 14.1 Å². The Kier molecular flexibility index (Phi) is 6.66. The fourth-order valence-electron chi connectivity index (χ4n) is 12.5. The van der Waals surface area contributed by atoms with E-state index in [0.29, 0.717) is 39.0 Å². The van der Waals surface area contributed by atoms with Crippen LogP contribution in [0.3, 0.4) is 0 Å². The molecule has 15 rings (SSSR count). The van der Waals surface area contributed by atoms with Gasteiger partial charge in [0.05, 0.1) is 55.4 Å². The normalized spacial score (nSPS) is 25.0. The summed E-state index contributed by atoms with van der Waals surface area (Å²) in [4.78, 5) is 4.69. The number of benzene rings is 10. The lowest BCUT2D eigenvalue weighted by Crippen LogP contribution is -2.34. The lowest BCUT2D eigenvalue weighted by molar-refractivity contribution is -0.571. The molecule has 0 aliphatic heterocycles. The van der Waals surface area contributed by atoms with Crippen molar-refractivity contribution in [2.24, 2.45) is 0 Å². The molecular weight excluding hydrogens is 1150 g/mol. The third-order valence-corrected chi connectivity index (χ3v) is 17.4. The molecule has 0 amide bonds. The molecule has 10 aromatic carbocycles. The van der Waals surface area contributed by atoms with Gasteiger partial charge in [0, 0.05) is 71.1 Å². The van der Waals surface area contributed by atoms with E-state index in [1.54, 1.807) is 53.1 Å². The standard InChI is InChI=1S/C90H88N4O/c1-57-43-83(91-54-74(57)59-27-20-17-21-28-59)94-79-32-23-22-31-70(79)71-37-36-69(53-81(71)94)95-68-30-24-29-67(52-68)92-56-93(80-40-35-60(50-82(80)92)63-44-65(85(2,3)4)51-66(45-63)86(5,6)7)84-72(61-33-38-75-77(48-61)88(10,11)42-41-87(75,8)9)46-64(58-25-18-16-19-26-58)47-73(84)62-34-39-76-78(49-62)90(14,15)55-89(76,12)13/h16-40,43-54H,41-42,55H2,1-15H3/i1D3,8D3,9D3,10D3,11D3,12D3,13D3,14D3,15D3,16D,17D,18D,19D,20D,21D,25D,26D,27D,28D,33D,34D,38D,39D,41D2,42D2,48D,49D. The number of fused-ring (bicyclic) bond motifs is 6. The molecule has 0 saturated carbocycles. The molecule has 0 saturated heterocycles. The summed E-state index contributed by atoms with van der Waals surface area (Å²) < 4.78 is 451. The molecule has 5 nitrogen and oxygen atoms in total. The average molecular weight is 1290 g/mol. The summed E-state index contributed by atoms with van der Waals surface area (Å²) in [6.45, 7) is -26.8. The van der Waals surface area contributed by atoms with Crippen LogP contribution in [0.15, 0.2) is 224 Å². The van der Waals surface area contributed by atoms with Gasteiger partial charge in [0.15, 0.2) is 0 Å². The number of para-hydroxylation sites is 1. The second-order valence-electron chi connectivity index (χ2n) is 26.1. The first-order chi connectivity index (χ1) is 64.6. The van der Waals surface area contributed by atoms with Crippen LogP contribution in [0.2, 0.25) is 0 Å². The molecule has 5 heteroatoms. The minimum absolute atomic E-state index is 0.0361. The van der Waals surface area contributed by atoms with E-state index in [9.17, 15) is 32.9 Å². The third-order valence-electron chi connectivity index (χ3n) is 17.4. The zero-order valence-corrected chi connectivity index (χ0v) is 52.0. The van der Waals surface area contributed by atoms with E-state index in [1.165, 1.54) is 47.0 Å². The number of ether oxygens (including phenoxy) is 1. The lowest BCUT2D eigenvalue weighted by Gasteiger charge is -2.42. The number of aromatic nitrogens is 4. The van der Waals surface area contributed by atoms with Crippen LogP contribution >= 0.6 is 0 Å². The average Bonchev–Trinajstić information content (AvgIpc) is 0.939. The first kappa shape index (κ1) is 28.4. The zero-order valence-electron chi connectivity index (χ0n) is 99.0. The number of rotatable bonds is 10. The van der Waals surface area contributed by atoms with Crippen molar-refractivity contribution in [3.8, 4) is 84.3 Å². The van der Waals surface area contributed by atoms with Crippen molar-refractivity contribution in [2.45, 2.75) is 155 Å². The fraction of sp³-hybridized carbons (Fsp3) is 0.267. The predicted molar refractivity (Wildman–Crippen MR) is 398 cm³/mol. The topological polar surface area (TPSA) is 35.9 Å². The molecule has 0 spiro atoms. The minimum atomic E-state index is -5.01. The molecule has 0 fully saturated rings. The number of hydrogen-bond donors (Lipinski definition) is 0. The highest BCUT2D eigenvalue weighted by molar-refractivity contribution is 6.09. The van der Waals surface area contributed by atoms with E-state index in [4.69, 9.17) is 36.3 Å². The van der Waals surface area contributed by atoms with Gasteiger partial charge in [-0.15, -0.1) is 0 Å². The van der Waals surface area contributed by atoms with E-state index < -0.39 is 282 Å². The lowest BCUT2D eigenvalue weighted by atomic mass is 9.63. The van der Waals surface area contributed by atoms with Crippen LogP contribution in [0.25, 0.3) is 106 Å². The molecule has 0 N–H and O–H groups in total. The quantitative estimate of drug-likeness (QED) is 0.101. The van der Waals surface area contributed by atoms with Crippen molar-refractivity contribution in [1.29, 1.82) is 0 Å². The molecule has 95 heavy (non-hydrogen) atoms. The van der Waals surface area contributed by atoms with E-state index in [-0.39, 0.29) is 39.6 Å². The van der Waals surface area contributed by atoms with Gasteiger partial charge < -0.3 is 4.74 Å². The minimum Gasteiger partial charge on any atom is -0.458 e. The number of nitrogens with zero attached hydrogens (tertiary/aromatic N) is 4. The van der Waals surface area contributed by atoms with Crippen LogP contribution in [-0.2, 0) is 32.5 Å². The smallest absolute Gasteiger partial charge is 0.269 e. The maximum atomic E-state index is 10.9. The second kappa shape index (κ2) is 22.3. The van der Waals surface area contributed by atoms with Gasteiger partial charge >= 0.3 is 0 Å². The molecule has 0 atom stereocenters. The van der Waals surface area contributed by atoms with Gasteiger partial charge in [0.1, 0.15) is 17.3 Å². The Bertz CT molecular complexity index is 7350. The molecule has 13 aromatic rings. The molecule has 474 valence electrons. The zero-order chi connectivity index (χ0) is 106. The first-order valence-electron chi connectivity index (χ1n) is 53.7. The SMILES string of the molecule is [2H]c1c([2H])c([2H])c(-c2cc(-c3c([2H])c([2H])c4c(c3[2H])C(C([2H])([2H])[2H])(C([2H])([2H])[2H])CC4(C([2H])([2H])[2H])C([2H])([2H])[2H])c(-[n+]3[c-]n(-c4cccc(Oc5ccc6c7ccccc7n(-c7cc(C([2H])([2H])[2H])c(-c8c([2H])c([2H])c([2H])c([2H])c8[2H])cn7)c6c5)c4)c4cc(-c5cc(C(C)(C)C)cc(C(C)(C)C)c5)ccc43)c(-c3c([2H])c([2H])c4c(c3[2H])C(C([2H])([2H])[2H])(C([2H])([2H])[2H])C([2H])([2H])C([2H])([2H])C4(C([2H])([2H])[2H])C([2H])([2H])[2H])c2)c([2H])c1[2H]. The van der Waals surface area contributed by atoms with E-state index in [1.807, 2.05) is 59.7 Å². The number of aryl methyl sites for hydroxylation is 1. The van der Waals surface area contributed by atoms with Crippen LogP contribution in [0.4, 0.5) is 0 Å². The summed E-state index contributed by atoms with van der Waals surface area (Å²) in [7, 11) is 0. The Labute approximate surface area is 628 Å². The Morgan fingerprint density at radius 1 is 0.495 bits per heavy atom. The molecule has 3 aromatic heterocycles. The molecule has 3 heterocycles. The van der Waals surface area contributed by atoms with Crippen molar-refractivity contribution >= 4 is 32.8 Å². The number of pyridine rings is 1. The molecular formula is C90H88N4O. The number of imidazole rings is 1. The summed E-state index contributed by atoms with van der Waals surface area (Å²) in [5.41, 5.74) is -32.3. The maximum Gasteiger partial charge on any atom is 0.269 e. The van der Waals surface area contributed by atoms with E-state index in [0.717, 1.165) is 28.0 Å². The monoisotopic (exact) mass is 1290 g/mol. The maximum absolute atomic E-state index is 10.9. The van der Waals surface area contributed by atoms with Gasteiger partial charge in [0.25, 0.3) is 6.33 Å². The Morgan fingerprint density at radius 3 is 1.76 bits per heavy atom. The van der Waals surface area contributed by atoms with Crippen molar-refractivity contribution in [3.63, 3.8) is 0 Å². The molecule has 2 aliphatic carbocycles. The van der Waals surface area contributed by atoms with Gasteiger partial charge in [-0.1, -0.05) is 248 Å². The first-order valence-corrected chi connectivity index (χ1v) is 30.2. The second-order valence-corrected chi connectivity index (χ2v) is 26.1. The highest BCUT2D eigenvalue weighted by Gasteiger charge is 2.42. The van der Waals surface area contributed by atoms with Gasteiger partial charge in [-0.05, 0) is 208 Å². The molecule has 2 aliphatic rings. The molecule has 0 radical (unpaired) electrons. The van der Waals surface area contributed by atoms with Crippen molar-refractivity contribution in [2.75, 3.05) is 0 Å². The Balaban J connectivity index is 1.15. The highest BCUT2D eigenvalue weighted by atomic mass is 16.5. The summed E-state index contributed by atoms with van der Waals surface area (Å²) in [6, 6.07) is 10.4. The molecule has 0 bridgehead atoms. The fourth-order valence-corrected chi connectivity index (χ4v) is 12.5. The van der Waals surface area contributed by atoms with Crippen LogP contribution in [0.5, 0.6) is 11.5 Å². The van der Waals surface area contributed by atoms with Crippen molar-refractivity contribution in [1.82, 2.24) is 14.1 Å². The van der Waals surface area contributed by atoms with Gasteiger partial charge in [-0.25, -0.2) is 4.98 Å². The van der Waals surface area contributed by atoms with E-state index in [2.05, 4.69) is 11.3 Å². The van der Waals surface area contributed by atoms with Crippen LogP contribution < -0.4 is 9.30 Å². The van der Waals surface area contributed by atoms with Crippen LogP contribution in [0, 0.1) is 13.2 Å². The summed E-state index contributed by atoms with van der Waals surface area (Å²) in [5, 5.41) is 1.12. The summed E-state index contributed by atoms with van der Waals surface area (Å²) >= 11 is 0. The Morgan fingerprint density at radius 2 is 1.09 bits per heavy atom. The van der Waals surface area contributed by atoms with Gasteiger partial charge in [-0.3, -0.25) is 13.7 Å². The predicted octanol–water partition coefficient (Wildman–Crippen LogP) is 23.5. The van der Waals surface area contributed by atoms with Crippen molar-refractivity contribution in [3.05, 3.63) is 269 Å².